The lowest BCUT2D eigenvalue weighted by Gasteiger charge is -2.23. The molecular formula is C18H18N2O4. The number of hydrazone groups is 1. The van der Waals surface area contributed by atoms with Crippen LogP contribution in [0.15, 0.2) is 47.6 Å². The van der Waals surface area contributed by atoms with Crippen molar-refractivity contribution in [1.29, 1.82) is 0 Å². The molecule has 0 spiro atoms. The van der Waals surface area contributed by atoms with E-state index in [9.17, 15) is 9.90 Å². The van der Waals surface area contributed by atoms with Crippen molar-refractivity contribution in [3.63, 3.8) is 0 Å². The van der Waals surface area contributed by atoms with Crippen molar-refractivity contribution in [3.8, 4) is 17.2 Å². The fraction of sp³-hybridized carbons (Fsp3) is 0.222. The molecule has 1 aliphatic rings. The summed E-state index contributed by atoms with van der Waals surface area (Å²) in [7, 11) is 3.00. The van der Waals surface area contributed by atoms with E-state index < -0.39 is 5.92 Å². The lowest BCUT2D eigenvalue weighted by atomic mass is 9.88. The highest BCUT2D eigenvalue weighted by molar-refractivity contribution is 6.06. The maximum absolute atomic E-state index is 12.3. The van der Waals surface area contributed by atoms with Crippen LogP contribution in [-0.4, -0.2) is 30.9 Å². The van der Waals surface area contributed by atoms with Crippen LogP contribution in [-0.2, 0) is 4.79 Å². The van der Waals surface area contributed by atoms with Crippen LogP contribution >= 0.6 is 0 Å². The average molecular weight is 326 g/mol. The van der Waals surface area contributed by atoms with Crippen LogP contribution in [0.1, 0.15) is 23.5 Å². The van der Waals surface area contributed by atoms with Gasteiger partial charge in [-0.15, -0.1) is 0 Å². The molecule has 0 unspecified atom stereocenters. The van der Waals surface area contributed by atoms with Gasteiger partial charge in [-0.05, 0) is 11.6 Å². The van der Waals surface area contributed by atoms with E-state index >= 15 is 0 Å². The average Bonchev–Trinajstić information content (AvgIpc) is 2.63. The molecule has 1 heterocycles. The minimum Gasteiger partial charge on any atom is -0.507 e. The third kappa shape index (κ3) is 2.90. The predicted octanol–water partition coefficient (Wildman–Crippen LogP) is 2.42. The first-order valence-electron chi connectivity index (χ1n) is 7.50. The summed E-state index contributed by atoms with van der Waals surface area (Å²) >= 11 is 0. The lowest BCUT2D eigenvalue weighted by Crippen LogP contribution is -2.33. The molecule has 6 heteroatoms. The maximum Gasteiger partial charge on any atom is 0.248 e. The summed E-state index contributed by atoms with van der Waals surface area (Å²) < 4.78 is 10.4. The minimum absolute atomic E-state index is 0.0119. The van der Waals surface area contributed by atoms with Crippen LogP contribution in [0.3, 0.4) is 0 Å². The second kappa shape index (κ2) is 6.62. The van der Waals surface area contributed by atoms with Gasteiger partial charge in [0.05, 0.1) is 25.8 Å². The molecule has 0 aromatic heterocycles. The number of aromatic hydroxyl groups is 1. The second-order valence-corrected chi connectivity index (χ2v) is 5.42. The topological polar surface area (TPSA) is 80.2 Å². The lowest BCUT2D eigenvalue weighted by molar-refractivity contribution is -0.122. The molecule has 2 N–H and O–H groups in total. The summed E-state index contributed by atoms with van der Waals surface area (Å²) in [4.78, 5) is 12.3. The number of carbonyl (C=O) groups is 1. The monoisotopic (exact) mass is 326 g/mol. The number of hydrogen-bond donors (Lipinski definition) is 2. The number of amides is 1. The fourth-order valence-corrected chi connectivity index (χ4v) is 2.76. The molecule has 1 aliphatic heterocycles. The SMILES string of the molecule is COc1cc(O)c([C@H]2CC(c3ccccc3)=NNC2=O)cc1OC. The van der Waals surface area contributed by atoms with Gasteiger partial charge >= 0.3 is 0 Å². The number of rotatable bonds is 4. The van der Waals surface area contributed by atoms with E-state index in [0.717, 1.165) is 11.3 Å². The Morgan fingerprint density at radius 3 is 2.46 bits per heavy atom. The summed E-state index contributed by atoms with van der Waals surface area (Å²) in [6, 6.07) is 12.7. The van der Waals surface area contributed by atoms with Crippen LogP contribution in [0.4, 0.5) is 0 Å². The number of nitrogens with one attached hydrogen (secondary N) is 1. The molecular weight excluding hydrogens is 308 g/mol. The highest BCUT2D eigenvalue weighted by Crippen LogP contribution is 2.39. The van der Waals surface area contributed by atoms with Gasteiger partial charge < -0.3 is 14.6 Å². The van der Waals surface area contributed by atoms with Crippen molar-refractivity contribution in [2.75, 3.05) is 14.2 Å². The molecule has 2 aromatic rings. The van der Waals surface area contributed by atoms with Gasteiger partial charge in [0, 0.05) is 18.1 Å². The molecule has 6 nitrogen and oxygen atoms in total. The van der Waals surface area contributed by atoms with E-state index in [0.29, 0.717) is 23.5 Å². The van der Waals surface area contributed by atoms with Gasteiger partial charge in [-0.25, -0.2) is 5.43 Å². The number of nitrogens with zero attached hydrogens (tertiary/aromatic N) is 1. The minimum atomic E-state index is -0.558. The molecule has 0 saturated carbocycles. The van der Waals surface area contributed by atoms with Crippen molar-refractivity contribution in [3.05, 3.63) is 53.6 Å². The number of methoxy groups -OCH3 is 2. The van der Waals surface area contributed by atoms with Gasteiger partial charge in [-0.2, -0.15) is 5.10 Å². The zero-order valence-corrected chi connectivity index (χ0v) is 13.4. The molecule has 0 radical (unpaired) electrons. The maximum atomic E-state index is 12.3. The number of phenolic OH excluding ortho intramolecular Hbond substituents is 1. The third-order valence-corrected chi connectivity index (χ3v) is 4.03. The normalized spacial score (nSPS) is 17.0. The van der Waals surface area contributed by atoms with Crippen LogP contribution in [0.5, 0.6) is 17.2 Å². The number of phenols is 1. The number of carbonyl (C=O) groups excluding carboxylic acids is 1. The van der Waals surface area contributed by atoms with E-state index in [1.165, 1.54) is 20.3 Å². The molecule has 0 aliphatic carbocycles. The quantitative estimate of drug-likeness (QED) is 0.904. The summed E-state index contributed by atoms with van der Waals surface area (Å²) in [6.45, 7) is 0. The highest BCUT2D eigenvalue weighted by Gasteiger charge is 2.30. The third-order valence-electron chi connectivity index (χ3n) is 4.03. The van der Waals surface area contributed by atoms with Crippen LogP contribution in [0, 0.1) is 0 Å². The molecule has 3 rings (SSSR count). The molecule has 2 aromatic carbocycles. The van der Waals surface area contributed by atoms with Crippen molar-refractivity contribution < 1.29 is 19.4 Å². The van der Waals surface area contributed by atoms with Crippen molar-refractivity contribution in [2.45, 2.75) is 12.3 Å². The zero-order valence-electron chi connectivity index (χ0n) is 13.4. The standard InChI is InChI=1S/C18H18N2O4/c1-23-16-9-12(15(21)10-17(16)24-2)13-8-14(19-20-18(13)22)11-6-4-3-5-7-11/h3-7,9-10,13,21H,8H2,1-2H3,(H,20,22)/t13-/m1/s1. The van der Waals surface area contributed by atoms with Gasteiger partial charge in [0.15, 0.2) is 11.5 Å². The van der Waals surface area contributed by atoms with Crippen molar-refractivity contribution in [1.82, 2.24) is 5.43 Å². The van der Waals surface area contributed by atoms with E-state index in [1.807, 2.05) is 30.3 Å². The van der Waals surface area contributed by atoms with E-state index in [2.05, 4.69) is 10.5 Å². The molecule has 0 bridgehead atoms. The Balaban J connectivity index is 1.97. The highest BCUT2D eigenvalue weighted by atomic mass is 16.5. The number of ether oxygens (including phenoxy) is 2. The molecule has 124 valence electrons. The van der Waals surface area contributed by atoms with Gasteiger partial charge in [0.2, 0.25) is 5.91 Å². The predicted molar refractivity (Wildman–Crippen MR) is 89.7 cm³/mol. The fourth-order valence-electron chi connectivity index (χ4n) is 2.76. The molecule has 24 heavy (non-hydrogen) atoms. The number of hydrogen-bond acceptors (Lipinski definition) is 5. The first-order valence-corrected chi connectivity index (χ1v) is 7.50. The van der Waals surface area contributed by atoms with Gasteiger partial charge in [0.25, 0.3) is 0 Å². The molecule has 0 saturated heterocycles. The molecule has 1 amide bonds. The van der Waals surface area contributed by atoms with Gasteiger partial charge in [-0.1, -0.05) is 30.3 Å². The Morgan fingerprint density at radius 1 is 1.12 bits per heavy atom. The first-order chi connectivity index (χ1) is 11.6. The summed E-state index contributed by atoms with van der Waals surface area (Å²) in [5, 5.41) is 14.5. The summed E-state index contributed by atoms with van der Waals surface area (Å²) in [6.07, 6.45) is 0.388. The number of benzene rings is 2. The second-order valence-electron chi connectivity index (χ2n) is 5.42. The van der Waals surface area contributed by atoms with Crippen LogP contribution in [0.25, 0.3) is 0 Å². The Kier molecular flexibility index (Phi) is 4.37. The Bertz CT molecular complexity index is 787. The Morgan fingerprint density at radius 2 is 1.79 bits per heavy atom. The van der Waals surface area contributed by atoms with Crippen molar-refractivity contribution in [2.24, 2.45) is 5.10 Å². The van der Waals surface area contributed by atoms with E-state index in [1.54, 1.807) is 6.07 Å². The van der Waals surface area contributed by atoms with Gasteiger partial charge in [0.1, 0.15) is 5.75 Å². The van der Waals surface area contributed by atoms with E-state index in [4.69, 9.17) is 9.47 Å². The smallest absolute Gasteiger partial charge is 0.248 e. The van der Waals surface area contributed by atoms with Gasteiger partial charge in [-0.3, -0.25) is 4.79 Å². The zero-order chi connectivity index (χ0) is 17.1. The summed E-state index contributed by atoms with van der Waals surface area (Å²) in [5.41, 5.74) is 4.71. The molecule has 0 fully saturated rings. The van der Waals surface area contributed by atoms with Crippen molar-refractivity contribution >= 4 is 11.6 Å². The Hall–Kier alpha value is -3.02. The molecule has 1 atom stereocenters. The summed E-state index contributed by atoms with van der Waals surface area (Å²) in [5.74, 6) is 0.0330. The van der Waals surface area contributed by atoms with Crippen LogP contribution < -0.4 is 14.9 Å². The largest absolute Gasteiger partial charge is 0.507 e. The van der Waals surface area contributed by atoms with Crippen LogP contribution in [0.2, 0.25) is 0 Å². The Labute approximate surface area is 139 Å². The van der Waals surface area contributed by atoms with E-state index in [-0.39, 0.29) is 11.7 Å². The first kappa shape index (κ1) is 15.9.